The van der Waals surface area contributed by atoms with Gasteiger partial charge in [-0.1, -0.05) is 54.6 Å². The van der Waals surface area contributed by atoms with Crippen LogP contribution in [0.15, 0.2) is 91.0 Å². The lowest BCUT2D eigenvalue weighted by Crippen LogP contribution is -2.43. The summed E-state index contributed by atoms with van der Waals surface area (Å²) in [5.74, 6) is -0.385. The Morgan fingerprint density at radius 3 is 2.25 bits per heavy atom. The maximum atomic E-state index is 13.6. The van der Waals surface area contributed by atoms with Crippen molar-refractivity contribution in [2.75, 3.05) is 42.7 Å². The number of anilines is 3. The second-order valence-electron chi connectivity index (χ2n) is 8.77. The van der Waals surface area contributed by atoms with E-state index in [-0.39, 0.29) is 11.8 Å². The Kier molecular flexibility index (Phi) is 6.93. The molecule has 1 fully saturated rings. The number of rotatable bonds is 6. The molecule has 4 N–H and O–H groups in total. The van der Waals surface area contributed by atoms with Crippen LogP contribution in [0.4, 0.5) is 17.1 Å². The van der Waals surface area contributed by atoms with Gasteiger partial charge in [-0.25, -0.2) is 0 Å². The normalized spacial score (nSPS) is 14.8. The van der Waals surface area contributed by atoms with Gasteiger partial charge in [0.05, 0.1) is 24.6 Å². The number of para-hydroxylation sites is 2. The lowest BCUT2D eigenvalue weighted by molar-refractivity contribution is -0.123. The van der Waals surface area contributed by atoms with Crippen LogP contribution in [0.3, 0.4) is 0 Å². The fraction of sp³-hybridized carbons (Fsp3) is 0.172. The molecule has 0 aromatic heterocycles. The van der Waals surface area contributed by atoms with Crippen LogP contribution >= 0.6 is 0 Å². The van der Waals surface area contributed by atoms with Gasteiger partial charge in [0.2, 0.25) is 5.91 Å². The number of carbonyl (C=O) groups excluding carboxylic acids is 2. The molecule has 1 heterocycles. The summed E-state index contributed by atoms with van der Waals surface area (Å²) < 4.78 is 5.51. The smallest absolute Gasteiger partial charge is 0.255 e. The summed E-state index contributed by atoms with van der Waals surface area (Å²) in [4.78, 5) is 28.4. The van der Waals surface area contributed by atoms with E-state index >= 15 is 0 Å². The molecule has 0 spiro atoms. The Balaban J connectivity index is 1.37. The zero-order chi connectivity index (χ0) is 24.9. The van der Waals surface area contributed by atoms with Gasteiger partial charge in [0.25, 0.3) is 5.91 Å². The van der Waals surface area contributed by atoms with Crippen LogP contribution < -0.4 is 16.4 Å². The first-order valence-electron chi connectivity index (χ1n) is 12.0. The van der Waals surface area contributed by atoms with Gasteiger partial charge in [-0.3, -0.25) is 14.5 Å². The number of carbonyl (C=O) groups is 2. The summed E-state index contributed by atoms with van der Waals surface area (Å²) in [6.45, 7) is 2.42. The van der Waals surface area contributed by atoms with Crippen LogP contribution in [0.1, 0.15) is 22.0 Å². The van der Waals surface area contributed by atoms with Crippen molar-refractivity contribution in [2.45, 2.75) is 6.04 Å². The van der Waals surface area contributed by atoms with Gasteiger partial charge >= 0.3 is 0 Å². The zero-order valence-corrected chi connectivity index (χ0v) is 19.8. The van der Waals surface area contributed by atoms with E-state index in [1.807, 2.05) is 66.7 Å². The molecular formula is C29H28N4O3. The van der Waals surface area contributed by atoms with Gasteiger partial charge < -0.3 is 21.1 Å². The third-order valence-corrected chi connectivity index (χ3v) is 6.37. The molecular weight excluding hydrogens is 452 g/mol. The predicted octanol–water partition coefficient (Wildman–Crippen LogP) is 4.69. The maximum Gasteiger partial charge on any atom is 0.255 e. The minimum atomic E-state index is -0.512. The Morgan fingerprint density at radius 2 is 1.50 bits per heavy atom. The lowest BCUT2D eigenvalue weighted by Gasteiger charge is -2.33. The molecule has 1 unspecified atom stereocenters. The number of amides is 2. The predicted molar refractivity (Wildman–Crippen MR) is 143 cm³/mol. The number of nitrogens with one attached hydrogen (secondary N) is 2. The first-order valence-corrected chi connectivity index (χ1v) is 12.0. The molecule has 7 nitrogen and oxygen atoms in total. The van der Waals surface area contributed by atoms with Crippen LogP contribution in [-0.4, -0.2) is 43.0 Å². The van der Waals surface area contributed by atoms with Crippen LogP contribution in [0, 0.1) is 0 Å². The van der Waals surface area contributed by atoms with Crippen molar-refractivity contribution in [2.24, 2.45) is 0 Å². The Hall–Kier alpha value is -4.20. The summed E-state index contributed by atoms with van der Waals surface area (Å²) >= 11 is 0. The van der Waals surface area contributed by atoms with Crippen molar-refractivity contribution in [3.8, 4) is 0 Å². The quantitative estimate of drug-likeness (QED) is 0.348. The SMILES string of the molecule is Nc1ccccc1NC(=O)c1ccc(C(C(=O)Nc2ccc3ccccc3c2)N2CCOCC2)cc1. The highest BCUT2D eigenvalue weighted by atomic mass is 16.5. The third-order valence-electron chi connectivity index (χ3n) is 6.37. The molecule has 1 saturated heterocycles. The highest BCUT2D eigenvalue weighted by Crippen LogP contribution is 2.26. The van der Waals surface area contributed by atoms with Gasteiger partial charge in [0, 0.05) is 24.3 Å². The topological polar surface area (TPSA) is 96.7 Å². The molecule has 4 aromatic rings. The number of nitrogen functional groups attached to an aromatic ring is 1. The number of nitrogens with zero attached hydrogens (tertiary/aromatic N) is 1. The van der Waals surface area contributed by atoms with Gasteiger partial charge in [0.15, 0.2) is 0 Å². The highest BCUT2D eigenvalue weighted by molar-refractivity contribution is 6.06. The first kappa shape index (κ1) is 23.5. The molecule has 4 aromatic carbocycles. The standard InChI is InChI=1S/C29H28N4O3/c30-25-7-3-4-8-26(25)32-28(34)22-11-9-21(10-12-22)27(33-15-17-36-18-16-33)29(35)31-24-14-13-20-5-1-2-6-23(20)19-24/h1-14,19,27H,15-18,30H2,(H,31,35)(H,32,34). The molecule has 1 atom stereocenters. The van der Waals surface area contributed by atoms with E-state index in [9.17, 15) is 9.59 Å². The molecule has 2 amide bonds. The first-order chi connectivity index (χ1) is 17.6. The minimum Gasteiger partial charge on any atom is -0.397 e. The average molecular weight is 481 g/mol. The van der Waals surface area contributed by atoms with E-state index in [1.54, 1.807) is 24.3 Å². The number of fused-ring (bicyclic) bond motifs is 1. The highest BCUT2D eigenvalue weighted by Gasteiger charge is 2.29. The lowest BCUT2D eigenvalue weighted by atomic mass is 10.0. The molecule has 0 radical (unpaired) electrons. The Morgan fingerprint density at radius 1 is 0.806 bits per heavy atom. The molecule has 7 heteroatoms. The van der Waals surface area contributed by atoms with Crippen LogP contribution in [0.5, 0.6) is 0 Å². The van der Waals surface area contributed by atoms with Gasteiger partial charge in [-0.05, 0) is 52.7 Å². The zero-order valence-electron chi connectivity index (χ0n) is 19.8. The number of morpholine rings is 1. The van der Waals surface area contributed by atoms with Crippen molar-refractivity contribution in [1.82, 2.24) is 4.90 Å². The van der Waals surface area contributed by atoms with Crippen LogP contribution in [0.25, 0.3) is 10.8 Å². The fourth-order valence-electron chi connectivity index (χ4n) is 4.46. The summed E-state index contributed by atoms with van der Waals surface area (Å²) in [5.41, 5.74) is 9.05. The van der Waals surface area contributed by atoms with Crippen molar-refractivity contribution < 1.29 is 14.3 Å². The Labute approximate surface area is 209 Å². The summed E-state index contributed by atoms with van der Waals surface area (Å²) in [5, 5.41) is 8.11. The van der Waals surface area contributed by atoms with Crippen LogP contribution in [-0.2, 0) is 9.53 Å². The Bertz CT molecular complexity index is 1380. The number of ether oxygens (including phenoxy) is 1. The maximum absolute atomic E-state index is 13.6. The largest absolute Gasteiger partial charge is 0.397 e. The van der Waals surface area contributed by atoms with E-state index in [0.29, 0.717) is 43.2 Å². The monoisotopic (exact) mass is 480 g/mol. The number of nitrogens with two attached hydrogens (primary N) is 1. The molecule has 0 bridgehead atoms. The van der Waals surface area contributed by atoms with Crippen molar-refractivity contribution in [1.29, 1.82) is 0 Å². The molecule has 36 heavy (non-hydrogen) atoms. The second kappa shape index (κ2) is 10.6. The van der Waals surface area contributed by atoms with Crippen molar-refractivity contribution >= 4 is 39.6 Å². The van der Waals surface area contributed by atoms with Crippen molar-refractivity contribution in [3.05, 3.63) is 102 Å². The van der Waals surface area contributed by atoms with Gasteiger partial charge in [-0.2, -0.15) is 0 Å². The fourth-order valence-corrected chi connectivity index (χ4v) is 4.46. The summed E-state index contributed by atoms with van der Waals surface area (Å²) in [6, 6.07) is 27.7. The van der Waals surface area contributed by atoms with E-state index < -0.39 is 6.04 Å². The molecule has 1 aliphatic rings. The number of hydrogen-bond donors (Lipinski definition) is 3. The van der Waals surface area contributed by atoms with Crippen LogP contribution in [0.2, 0.25) is 0 Å². The van der Waals surface area contributed by atoms with E-state index in [2.05, 4.69) is 15.5 Å². The molecule has 1 aliphatic heterocycles. The molecule has 0 saturated carbocycles. The van der Waals surface area contributed by atoms with E-state index in [0.717, 1.165) is 22.0 Å². The molecule has 0 aliphatic carbocycles. The van der Waals surface area contributed by atoms with E-state index in [4.69, 9.17) is 10.5 Å². The third kappa shape index (κ3) is 5.22. The van der Waals surface area contributed by atoms with Gasteiger partial charge in [-0.15, -0.1) is 0 Å². The second-order valence-corrected chi connectivity index (χ2v) is 8.77. The number of benzene rings is 4. The van der Waals surface area contributed by atoms with Crippen molar-refractivity contribution in [3.63, 3.8) is 0 Å². The summed E-state index contributed by atoms with van der Waals surface area (Å²) in [7, 11) is 0. The summed E-state index contributed by atoms with van der Waals surface area (Å²) in [6.07, 6.45) is 0. The molecule has 182 valence electrons. The van der Waals surface area contributed by atoms with Gasteiger partial charge in [0.1, 0.15) is 6.04 Å². The number of hydrogen-bond acceptors (Lipinski definition) is 5. The average Bonchev–Trinajstić information content (AvgIpc) is 2.91. The minimum absolute atomic E-state index is 0.124. The molecule has 5 rings (SSSR count). The van der Waals surface area contributed by atoms with E-state index in [1.165, 1.54) is 0 Å².